The van der Waals surface area contributed by atoms with E-state index in [2.05, 4.69) is 21.2 Å². The van der Waals surface area contributed by atoms with E-state index in [1.165, 1.54) is 12.1 Å². The summed E-state index contributed by atoms with van der Waals surface area (Å²) < 4.78 is 26.8. The van der Waals surface area contributed by atoms with Crippen LogP contribution < -0.4 is 5.32 Å². The van der Waals surface area contributed by atoms with E-state index in [9.17, 15) is 18.4 Å². The first kappa shape index (κ1) is 15.1. The Balaban J connectivity index is 2.28. The number of carbonyl (C=O) groups is 2. The van der Waals surface area contributed by atoms with Crippen LogP contribution in [0.25, 0.3) is 0 Å². The number of anilines is 1. The molecule has 0 fully saturated rings. The van der Waals surface area contributed by atoms with Crippen molar-refractivity contribution in [3.63, 3.8) is 0 Å². The lowest BCUT2D eigenvalue weighted by Gasteiger charge is -2.08. The van der Waals surface area contributed by atoms with Crippen LogP contribution in [0.3, 0.4) is 0 Å². The third kappa shape index (κ3) is 3.43. The zero-order valence-electron chi connectivity index (χ0n) is 10.4. The Labute approximate surface area is 126 Å². The minimum atomic E-state index is -1.24. The van der Waals surface area contributed by atoms with E-state index in [0.717, 1.165) is 24.3 Å². The lowest BCUT2D eigenvalue weighted by molar-refractivity contribution is 0.0696. The summed E-state index contributed by atoms with van der Waals surface area (Å²) in [6.45, 7) is 0. The molecule has 108 valence electrons. The van der Waals surface area contributed by atoms with E-state index in [4.69, 9.17) is 5.11 Å². The van der Waals surface area contributed by atoms with Gasteiger partial charge in [-0.3, -0.25) is 4.79 Å². The van der Waals surface area contributed by atoms with Crippen LogP contribution >= 0.6 is 15.9 Å². The molecule has 0 aliphatic rings. The summed E-state index contributed by atoms with van der Waals surface area (Å²) in [7, 11) is 0. The summed E-state index contributed by atoms with van der Waals surface area (Å²) in [5.74, 6) is -3.23. The topological polar surface area (TPSA) is 66.4 Å². The van der Waals surface area contributed by atoms with Crippen LogP contribution in [0.2, 0.25) is 0 Å². The SMILES string of the molecule is O=C(O)c1ccc(F)c(NC(=O)c2ccc(F)c(Br)c2)c1. The molecule has 0 atom stereocenters. The van der Waals surface area contributed by atoms with Crippen LogP contribution in [0.5, 0.6) is 0 Å². The number of amides is 1. The zero-order chi connectivity index (χ0) is 15.6. The maximum atomic E-state index is 13.6. The first-order valence-electron chi connectivity index (χ1n) is 5.67. The van der Waals surface area contributed by atoms with Gasteiger partial charge in [0.05, 0.1) is 15.7 Å². The Morgan fingerprint density at radius 1 is 1.00 bits per heavy atom. The Morgan fingerprint density at radius 2 is 1.62 bits per heavy atom. The van der Waals surface area contributed by atoms with Gasteiger partial charge in [-0.05, 0) is 52.3 Å². The van der Waals surface area contributed by atoms with Gasteiger partial charge in [-0.15, -0.1) is 0 Å². The average Bonchev–Trinajstić information content (AvgIpc) is 2.43. The Hall–Kier alpha value is -2.28. The summed E-state index contributed by atoms with van der Waals surface area (Å²) >= 11 is 2.94. The molecule has 21 heavy (non-hydrogen) atoms. The number of rotatable bonds is 3. The van der Waals surface area contributed by atoms with E-state index < -0.39 is 23.5 Å². The highest BCUT2D eigenvalue weighted by Gasteiger charge is 2.13. The fourth-order valence-electron chi connectivity index (χ4n) is 1.59. The molecule has 0 aliphatic carbocycles. The van der Waals surface area contributed by atoms with Gasteiger partial charge in [-0.25, -0.2) is 13.6 Å². The van der Waals surface area contributed by atoms with Crippen LogP contribution in [-0.2, 0) is 0 Å². The molecule has 0 unspecified atom stereocenters. The molecule has 0 saturated heterocycles. The van der Waals surface area contributed by atoms with Crippen molar-refractivity contribution in [3.05, 3.63) is 63.6 Å². The molecule has 1 amide bonds. The highest BCUT2D eigenvalue weighted by Crippen LogP contribution is 2.20. The highest BCUT2D eigenvalue weighted by molar-refractivity contribution is 9.10. The second kappa shape index (κ2) is 6.01. The Bertz CT molecular complexity index is 734. The molecule has 2 rings (SSSR count). The first-order valence-corrected chi connectivity index (χ1v) is 6.47. The number of halogens is 3. The van der Waals surface area contributed by atoms with Gasteiger partial charge in [-0.1, -0.05) is 0 Å². The maximum Gasteiger partial charge on any atom is 0.335 e. The first-order chi connectivity index (χ1) is 9.88. The third-order valence-electron chi connectivity index (χ3n) is 2.64. The second-order valence-corrected chi connectivity index (χ2v) is 4.94. The highest BCUT2D eigenvalue weighted by atomic mass is 79.9. The minimum absolute atomic E-state index is 0.0925. The van der Waals surface area contributed by atoms with Crippen molar-refractivity contribution in [1.82, 2.24) is 0 Å². The van der Waals surface area contributed by atoms with Crippen LogP contribution in [0.4, 0.5) is 14.5 Å². The standard InChI is InChI=1S/C14H8BrF2NO3/c15-9-5-7(1-3-10(9)16)13(19)18-12-6-8(14(20)21)2-4-11(12)17/h1-6H,(H,18,19)(H,20,21). The van der Waals surface area contributed by atoms with Gasteiger partial charge in [-0.2, -0.15) is 0 Å². The van der Waals surface area contributed by atoms with Gasteiger partial charge >= 0.3 is 5.97 Å². The van der Waals surface area contributed by atoms with E-state index in [-0.39, 0.29) is 21.3 Å². The smallest absolute Gasteiger partial charge is 0.335 e. The molecule has 0 heterocycles. The summed E-state index contributed by atoms with van der Waals surface area (Å²) in [6.07, 6.45) is 0. The fourth-order valence-corrected chi connectivity index (χ4v) is 1.96. The molecule has 0 bridgehead atoms. The Morgan fingerprint density at radius 3 is 2.24 bits per heavy atom. The molecule has 0 aromatic heterocycles. The zero-order valence-corrected chi connectivity index (χ0v) is 11.9. The number of carboxylic acids is 1. The Kier molecular flexibility index (Phi) is 4.32. The predicted molar refractivity (Wildman–Crippen MR) is 75.4 cm³/mol. The molecular weight excluding hydrogens is 348 g/mol. The monoisotopic (exact) mass is 355 g/mol. The van der Waals surface area contributed by atoms with E-state index in [1.54, 1.807) is 0 Å². The van der Waals surface area contributed by atoms with Gasteiger partial charge < -0.3 is 10.4 Å². The lowest BCUT2D eigenvalue weighted by Crippen LogP contribution is -2.14. The van der Waals surface area contributed by atoms with Crippen molar-refractivity contribution in [3.8, 4) is 0 Å². The van der Waals surface area contributed by atoms with E-state index in [1.807, 2.05) is 0 Å². The van der Waals surface area contributed by atoms with Crippen LogP contribution in [0.15, 0.2) is 40.9 Å². The molecule has 4 nitrogen and oxygen atoms in total. The minimum Gasteiger partial charge on any atom is -0.478 e. The lowest BCUT2D eigenvalue weighted by atomic mass is 10.1. The number of hydrogen-bond donors (Lipinski definition) is 2. The molecule has 7 heteroatoms. The number of carbonyl (C=O) groups excluding carboxylic acids is 1. The second-order valence-electron chi connectivity index (χ2n) is 4.08. The average molecular weight is 356 g/mol. The van der Waals surface area contributed by atoms with Crippen LogP contribution in [-0.4, -0.2) is 17.0 Å². The normalized spacial score (nSPS) is 10.2. The van der Waals surface area contributed by atoms with Crippen molar-refractivity contribution in [2.24, 2.45) is 0 Å². The fraction of sp³-hybridized carbons (Fsp3) is 0. The number of nitrogens with one attached hydrogen (secondary N) is 1. The molecule has 2 N–H and O–H groups in total. The van der Waals surface area contributed by atoms with Gasteiger partial charge in [0.15, 0.2) is 0 Å². The summed E-state index contributed by atoms with van der Waals surface area (Å²) in [5, 5.41) is 11.1. The van der Waals surface area contributed by atoms with Gasteiger partial charge in [0, 0.05) is 5.56 Å². The molecule has 0 radical (unpaired) electrons. The van der Waals surface area contributed by atoms with Gasteiger partial charge in [0.1, 0.15) is 11.6 Å². The molecule has 2 aromatic carbocycles. The quantitative estimate of drug-likeness (QED) is 0.882. The summed E-state index contributed by atoms with van der Waals surface area (Å²) in [4.78, 5) is 22.8. The van der Waals surface area contributed by atoms with Crippen molar-refractivity contribution in [2.75, 3.05) is 5.32 Å². The molecule has 0 aliphatic heterocycles. The predicted octanol–water partition coefficient (Wildman–Crippen LogP) is 3.68. The van der Waals surface area contributed by atoms with Crippen LogP contribution in [0.1, 0.15) is 20.7 Å². The number of aromatic carboxylic acids is 1. The van der Waals surface area contributed by atoms with Crippen molar-refractivity contribution in [2.45, 2.75) is 0 Å². The molecule has 0 saturated carbocycles. The number of benzene rings is 2. The van der Waals surface area contributed by atoms with Crippen LogP contribution in [0, 0.1) is 11.6 Å². The summed E-state index contributed by atoms with van der Waals surface area (Å²) in [5.41, 5.74) is -0.323. The van der Waals surface area contributed by atoms with Gasteiger partial charge in [0.25, 0.3) is 5.91 Å². The third-order valence-corrected chi connectivity index (χ3v) is 3.25. The largest absolute Gasteiger partial charge is 0.478 e. The number of hydrogen-bond acceptors (Lipinski definition) is 2. The van der Waals surface area contributed by atoms with Crippen molar-refractivity contribution < 1.29 is 23.5 Å². The molecule has 0 spiro atoms. The summed E-state index contributed by atoms with van der Waals surface area (Å²) in [6, 6.07) is 6.59. The number of carboxylic acid groups (broad SMARTS) is 1. The molecular formula is C14H8BrF2NO3. The van der Waals surface area contributed by atoms with Crippen molar-refractivity contribution >= 4 is 33.5 Å². The maximum absolute atomic E-state index is 13.6. The molecule has 2 aromatic rings. The van der Waals surface area contributed by atoms with Gasteiger partial charge in [0.2, 0.25) is 0 Å². The van der Waals surface area contributed by atoms with E-state index >= 15 is 0 Å². The van der Waals surface area contributed by atoms with Crippen molar-refractivity contribution in [1.29, 1.82) is 0 Å². The van der Waals surface area contributed by atoms with E-state index in [0.29, 0.717) is 0 Å².